The van der Waals surface area contributed by atoms with Crippen LogP contribution in [0.1, 0.15) is 32.6 Å². The van der Waals surface area contributed by atoms with Gasteiger partial charge in [0.2, 0.25) is 5.91 Å². The highest BCUT2D eigenvalue weighted by atomic mass is 127. The molecule has 1 saturated carbocycles. The predicted octanol–water partition coefficient (Wildman–Crippen LogP) is 3.13. The minimum atomic E-state index is -0.375. The van der Waals surface area contributed by atoms with E-state index in [9.17, 15) is 9.18 Å². The average Bonchev–Trinajstić information content (AvgIpc) is 2.53. The first-order valence-corrected chi connectivity index (χ1v) is 8.09. The van der Waals surface area contributed by atoms with Crippen LogP contribution < -0.4 is 16.0 Å². The number of nitrogens with zero attached hydrogens (tertiary/aromatic N) is 1. The summed E-state index contributed by atoms with van der Waals surface area (Å²) in [6.45, 7) is 2.36. The molecule has 0 unspecified atom stereocenters. The van der Waals surface area contributed by atoms with Crippen molar-refractivity contribution in [3.05, 3.63) is 30.1 Å². The summed E-state index contributed by atoms with van der Waals surface area (Å²) < 4.78 is 13.1. The molecule has 134 valence electrons. The summed E-state index contributed by atoms with van der Waals surface area (Å²) in [7, 11) is 1.69. The summed E-state index contributed by atoms with van der Waals surface area (Å²) in [4.78, 5) is 16.0. The first kappa shape index (κ1) is 20.7. The summed E-state index contributed by atoms with van der Waals surface area (Å²) in [5.74, 6) is 0.801. The van der Waals surface area contributed by atoms with E-state index in [0.29, 0.717) is 17.7 Å². The van der Waals surface area contributed by atoms with E-state index in [1.54, 1.807) is 19.2 Å². The lowest BCUT2D eigenvalue weighted by atomic mass is 9.87. The van der Waals surface area contributed by atoms with Crippen LogP contribution in [0.5, 0.6) is 0 Å². The number of guanidine groups is 1. The van der Waals surface area contributed by atoms with Crippen molar-refractivity contribution >= 4 is 41.5 Å². The summed E-state index contributed by atoms with van der Waals surface area (Å²) in [6, 6.07) is 6.24. The Bertz CT molecular complexity index is 559. The second kappa shape index (κ2) is 10.5. The highest BCUT2D eigenvalue weighted by Gasteiger charge is 2.19. The monoisotopic (exact) mass is 448 g/mol. The Morgan fingerprint density at radius 3 is 2.62 bits per heavy atom. The van der Waals surface area contributed by atoms with Gasteiger partial charge < -0.3 is 16.0 Å². The average molecular weight is 448 g/mol. The lowest BCUT2D eigenvalue weighted by Crippen LogP contribution is -2.46. The van der Waals surface area contributed by atoms with Crippen molar-refractivity contribution in [3.63, 3.8) is 0 Å². The van der Waals surface area contributed by atoms with Gasteiger partial charge in [0.05, 0.1) is 6.54 Å². The van der Waals surface area contributed by atoms with Gasteiger partial charge in [-0.3, -0.25) is 9.79 Å². The fourth-order valence-corrected chi connectivity index (χ4v) is 2.73. The van der Waals surface area contributed by atoms with Crippen LogP contribution in [0.4, 0.5) is 10.1 Å². The molecule has 0 heterocycles. The Labute approximate surface area is 159 Å². The lowest BCUT2D eigenvalue weighted by molar-refractivity contribution is -0.115. The Kier molecular flexibility index (Phi) is 9.02. The van der Waals surface area contributed by atoms with E-state index in [1.807, 2.05) is 0 Å². The lowest BCUT2D eigenvalue weighted by Gasteiger charge is -2.28. The molecule has 1 aromatic rings. The SMILES string of the molecule is CN=C(NCC(=O)Nc1cccc(F)c1)NC1CCC(C)CC1.I. The van der Waals surface area contributed by atoms with Gasteiger partial charge in [0.25, 0.3) is 0 Å². The summed E-state index contributed by atoms with van der Waals surface area (Å²) in [6.07, 6.45) is 4.68. The molecule has 2 rings (SSSR count). The zero-order valence-electron chi connectivity index (χ0n) is 14.1. The molecule has 5 nitrogen and oxygen atoms in total. The molecule has 0 atom stereocenters. The van der Waals surface area contributed by atoms with E-state index < -0.39 is 0 Å². The molecule has 0 radical (unpaired) electrons. The largest absolute Gasteiger partial charge is 0.354 e. The van der Waals surface area contributed by atoms with Crippen molar-refractivity contribution in [3.8, 4) is 0 Å². The highest BCUT2D eigenvalue weighted by molar-refractivity contribution is 14.0. The molecule has 0 spiro atoms. The molecule has 0 aromatic heterocycles. The van der Waals surface area contributed by atoms with Gasteiger partial charge in [0, 0.05) is 18.8 Å². The van der Waals surface area contributed by atoms with Crippen molar-refractivity contribution in [1.29, 1.82) is 0 Å². The van der Waals surface area contributed by atoms with Crippen molar-refractivity contribution in [2.45, 2.75) is 38.6 Å². The Morgan fingerprint density at radius 2 is 2.00 bits per heavy atom. The molecular formula is C17H26FIN4O. The smallest absolute Gasteiger partial charge is 0.243 e. The number of benzene rings is 1. The molecule has 1 fully saturated rings. The molecule has 0 bridgehead atoms. The number of hydrogen-bond donors (Lipinski definition) is 3. The van der Waals surface area contributed by atoms with Gasteiger partial charge in [0.1, 0.15) is 5.82 Å². The number of amides is 1. The van der Waals surface area contributed by atoms with Crippen LogP contribution >= 0.6 is 24.0 Å². The number of carbonyl (C=O) groups excluding carboxylic acids is 1. The maximum atomic E-state index is 13.1. The van der Waals surface area contributed by atoms with Crippen LogP contribution in [-0.2, 0) is 4.79 Å². The number of halogens is 2. The fourth-order valence-electron chi connectivity index (χ4n) is 2.73. The van der Waals surface area contributed by atoms with Gasteiger partial charge in [-0.1, -0.05) is 13.0 Å². The van der Waals surface area contributed by atoms with Crippen LogP contribution in [0.15, 0.2) is 29.3 Å². The van der Waals surface area contributed by atoms with Crippen LogP contribution in [-0.4, -0.2) is 31.5 Å². The standard InChI is InChI=1S/C17H25FN4O.HI/c1-12-6-8-14(9-7-12)22-17(19-2)20-11-16(23)21-15-5-3-4-13(18)10-15;/h3-5,10,12,14H,6-9,11H2,1-2H3,(H,21,23)(H2,19,20,22);1H. The molecule has 1 amide bonds. The van der Waals surface area contributed by atoms with Gasteiger partial charge in [-0.15, -0.1) is 24.0 Å². The number of nitrogens with one attached hydrogen (secondary N) is 3. The normalized spacial score (nSPS) is 20.7. The summed E-state index contributed by atoms with van der Waals surface area (Å²) in [5, 5.41) is 9.00. The molecule has 3 N–H and O–H groups in total. The van der Waals surface area contributed by atoms with Crippen LogP contribution in [0.2, 0.25) is 0 Å². The van der Waals surface area contributed by atoms with Crippen LogP contribution in [0, 0.1) is 11.7 Å². The fraction of sp³-hybridized carbons (Fsp3) is 0.529. The second-order valence-electron chi connectivity index (χ2n) is 6.09. The second-order valence-corrected chi connectivity index (χ2v) is 6.09. The van der Waals surface area contributed by atoms with Crippen molar-refractivity contribution in [2.75, 3.05) is 18.9 Å². The summed E-state index contributed by atoms with van der Waals surface area (Å²) in [5.41, 5.74) is 0.445. The number of carbonyl (C=O) groups is 1. The number of aliphatic imine (C=N–C) groups is 1. The quantitative estimate of drug-likeness (QED) is 0.377. The number of hydrogen-bond acceptors (Lipinski definition) is 2. The first-order chi connectivity index (χ1) is 11.1. The molecule has 24 heavy (non-hydrogen) atoms. The zero-order chi connectivity index (χ0) is 16.7. The minimum Gasteiger partial charge on any atom is -0.354 e. The van der Waals surface area contributed by atoms with Crippen molar-refractivity contribution in [1.82, 2.24) is 10.6 Å². The molecule has 0 saturated heterocycles. The van der Waals surface area contributed by atoms with Crippen LogP contribution in [0.25, 0.3) is 0 Å². The van der Waals surface area contributed by atoms with E-state index in [2.05, 4.69) is 27.9 Å². The van der Waals surface area contributed by atoms with Gasteiger partial charge in [-0.05, 0) is 49.8 Å². The van der Waals surface area contributed by atoms with Crippen molar-refractivity contribution < 1.29 is 9.18 Å². The van der Waals surface area contributed by atoms with Gasteiger partial charge >= 0.3 is 0 Å². The Hall–Kier alpha value is -1.38. The number of anilines is 1. The zero-order valence-corrected chi connectivity index (χ0v) is 16.5. The molecule has 1 aliphatic carbocycles. The number of rotatable bonds is 4. The topological polar surface area (TPSA) is 65.5 Å². The van der Waals surface area contributed by atoms with E-state index in [4.69, 9.17) is 0 Å². The van der Waals surface area contributed by atoms with Crippen LogP contribution in [0.3, 0.4) is 0 Å². The highest BCUT2D eigenvalue weighted by Crippen LogP contribution is 2.23. The van der Waals surface area contributed by atoms with Gasteiger partial charge in [-0.25, -0.2) is 4.39 Å². The third-order valence-corrected chi connectivity index (χ3v) is 4.11. The maximum absolute atomic E-state index is 13.1. The molecular weight excluding hydrogens is 422 g/mol. The first-order valence-electron chi connectivity index (χ1n) is 8.09. The van der Waals surface area contributed by atoms with Gasteiger partial charge in [0.15, 0.2) is 5.96 Å². The van der Waals surface area contributed by atoms with Gasteiger partial charge in [-0.2, -0.15) is 0 Å². The van der Waals surface area contributed by atoms with E-state index in [1.165, 1.54) is 25.0 Å². The van der Waals surface area contributed by atoms with Crippen molar-refractivity contribution in [2.24, 2.45) is 10.9 Å². The Balaban J connectivity index is 0.00000288. The van der Waals surface area contributed by atoms with E-state index in [-0.39, 0.29) is 42.2 Å². The molecule has 1 aliphatic rings. The molecule has 7 heteroatoms. The summed E-state index contributed by atoms with van der Waals surface area (Å²) >= 11 is 0. The minimum absolute atomic E-state index is 0. The van der Waals surface area contributed by atoms with E-state index >= 15 is 0 Å². The predicted molar refractivity (Wildman–Crippen MR) is 106 cm³/mol. The Morgan fingerprint density at radius 1 is 1.29 bits per heavy atom. The third-order valence-electron chi connectivity index (χ3n) is 4.11. The maximum Gasteiger partial charge on any atom is 0.243 e. The third kappa shape index (κ3) is 7.02. The molecule has 1 aromatic carbocycles. The van der Waals surface area contributed by atoms with E-state index in [0.717, 1.165) is 18.8 Å². The molecule has 0 aliphatic heterocycles.